The first kappa shape index (κ1) is 12.5. The number of hydrogen-bond acceptors (Lipinski definition) is 1. The number of hydrogen-bond donors (Lipinski definition) is 0. The maximum absolute atomic E-state index is 5.56. The molecule has 0 amide bonds. The van der Waals surface area contributed by atoms with E-state index in [-0.39, 0.29) is 0 Å². The first-order valence-corrected chi connectivity index (χ1v) is 5.64. The fraction of sp³-hybridized carbons (Fsp3) is 0.333. The second kappa shape index (κ2) is 8.76. The smallest absolute Gasteiger partial charge is 0.0716 e. The number of ether oxygens (including phenoxy) is 1. The molecule has 0 bridgehead atoms. The van der Waals surface area contributed by atoms with Crippen LogP contribution in [0.15, 0.2) is 43.0 Å². The summed E-state index contributed by atoms with van der Waals surface area (Å²) in [7, 11) is 0. The van der Waals surface area contributed by atoms with Crippen LogP contribution in [-0.2, 0) is 11.3 Å². The third-order valence-corrected chi connectivity index (χ3v) is 2.16. The van der Waals surface area contributed by atoms with Crippen LogP contribution in [0, 0.1) is 11.8 Å². The predicted octanol–water partition coefficient (Wildman–Crippen LogP) is 3.56. The highest BCUT2D eigenvalue weighted by atomic mass is 16.5. The second-order valence-electron chi connectivity index (χ2n) is 3.52. The van der Waals surface area contributed by atoms with Gasteiger partial charge in [0, 0.05) is 13.0 Å². The zero-order valence-corrected chi connectivity index (χ0v) is 9.61. The average molecular weight is 214 g/mol. The molecule has 0 unspecified atom stereocenters. The zero-order chi connectivity index (χ0) is 11.5. The molecule has 0 heterocycles. The van der Waals surface area contributed by atoms with Crippen LogP contribution in [0.1, 0.15) is 24.8 Å². The number of benzene rings is 1. The Bertz CT molecular complexity index is 343. The van der Waals surface area contributed by atoms with Gasteiger partial charge in [-0.05, 0) is 24.5 Å². The van der Waals surface area contributed by atoms with Gasteiger partial charge in [0.15, 0.2) is 0 Å². The molecule has 1 aromatic rings. The Hall–Kier alpha value is -1.52. The molecule has 0 aromatic heterocycles. The fourth-order valence-corrected chi connectivity index (χ4v) is 1.33. The van der Waals surface area contributed by atoms with Gasteiger partial charge in [0.1, 0.15) is 0 Å². The van der Waals surface area contributed by atoms with Gasteiger partial charge >= 0.3 is 0 Å². The molecular weight excluding hydrogens is 196 g/mol. The van der Waals surface area contributed by atoms with E-state index in [0.717, 1.165) is 25.9 Å². The van der Waals surface area contributed by atoms with Gasteiger partial charge in [0.25, 0.3) is 0 Å². The molecule has 0 saturated heterocycles. The van der Waals surface area contributed by atoms with Crippen molar-refractivity contribution in [3.05, 3.63) is 48.6 Å². The van der Waals surface area contributed by atoms with Crippen LogP contribution in [0.2, 0.25) is 0 Å². The molecule has 1 rings (SSSR count). The minimum atomic E-state index is 0.708. The van der Waals surface area contributed by atoms with Crippen molar-refractivity contribution in [1.82, 2.24) is 0 Å². The molecule has 1 nitrogen and oxygen atoms in total. The van der Waals surface area contributed by atoms with Crippen molar-refractivity contribution in [2.75, 3.05) is 6.61 Å². The molecule has 1 aromatic carbocycles. The van der Waals surface area contributed by atoms with E-state index in [2.05, 4.69) is 30.6 Å². The molecule has 0 aliphatic carbocycles. The van der Waals surface area contributed by atoms with Gasteiger partial charge in [-0.1, -0.05) is 48.8 Å². The summed E-state index contributed by atoms with van der Waals surface area (Å²) in [6.07, 6.45) is 4.72. The van der Waals surface area contributed by atoms with Crippen LogP contribution < -0.4 is 0 Å². The summed E-state index contributed by atoms with van der Waals surface area (Å²) in [5, 5.41) is 0. The van der Waals surface area contributed by atoms with Crippen LogP contribution in [0.25, 0.3) is 0 Å². The minimum absolute atomic E-state index is 0.708. The maximum atomic E-state index is 5.56. The van der Waals surface area contributed by atoms with Crippen molar-refractivity contribution in [3.63, 3.8) is 0 Å². The van der Waals surface area contributed by atoms with E-state index >= 15 is 0 Å². The monoisotopic (exact) mass is 214 g/mol. The Morgan fingerprint density at radius 1 is 1.19 bits per heavy atom. The lowest BCUT2D eigenvalue weighted by molar-refractivity contribution is 0.117. The molecule has 16 heavy (non-hydrogen) atoms. The summed E-state index contributed by atoms with van der Waals surface area (Å²) < 4.78 is 5.56. The van der Waals surface area contributed by atoms with Gasteiger partial charge in [0.05, 0.1) is 6.61 Å². The van der Waals surface area contributed by atoms with E-state index in [1.165, 1.54) is 5.56 Å². The molecule has 0 fully saturated rings. The lowest BCUT2D eigenvalue weighted by Gasteiger charge is -2.02. The van der Waals surface area contributed by atoms with Crippen molar-refractivity contribution < 1.29 is 4.74 Å². The molecule has 0 spiro atoms. The van der Waals surface area contributed by atoms with E-state index in [1.807, 2.05) is 18.2 Å². The molecule has 0 radical (unpaired) electrons. The van der Waals surface area contributed by atoms with E-state index < -0.39 is 0 Å². The Labute approximate surface area is 98.1 Å². The van der Waals surface area contributed by atoms with Crippen molar-refractivity contribution in [2.24, 2.45) is 0 Å². The summed E-state index contributed by atoms with van der Waals surface area (Å²) >= 11 is 0. The van der Waals surface area contributed by atoms with Gasteiger partial charge in [0.2, 0.25) is 0 Å². The lowest BCUT2D eigenvalue weighted by Crippen LogP contribution is -1.95. The quantitative estimate of drug-likeness (QED) is 0.519. The first-order chi connectivity index (χ1) is 7.93. The van der Waals surface area contributed by atoms with Crippen molar-refractivity contribution >= 4 is 0 Å². The van der Waals surface area contributed by atoms with Crippen LogP contribution in [0.4, 0.5) is 0 Å². The van der Waals surface area contributed by atoms with Crippen molar-refractivity contribution in [1.29, 1.82) is 0 Å². The number of rotatable bonds is 6. The van der Waals surface area contributed by atoms with Gasteiger partial charge in [-0.2, -0.15) is 0 Å². The molecule has 0 atom stereocenters. The number of allylic oxidation sites excluding steroid dienone is 1. The van der Waals surface area contributed by atoms with Gasteiger partial charge < -0.3 is 4.74 Å². The van der Waals surface area contributed by atoms with E-state index in [9.17, 15) is 0 Å². The Kier molecular flexibility index (Phi) is 6.87. The zero-order valence-electron chi connectivity index (χ0n) is 9.61. The fourth-order valence-electron chi connectivity index (χ4n) is 1.33. The highest BCUT2D eigenvalue weighted by Crippen LogP contribution is 2.02. The third kappa shape index (κ3) is 6.06. The summed E-state index contributed by atoms with van der Waals surface area (Å²) in [5.74, 6) is 5.86. The molecular formula is C15H18O. The number of unbranched alkanes of at least 4 members (excludes halogenated alkanes) is 2. The third-order valence-electron chi connectivity index (χ3n) is 2.16. The summed E-state index contributed by atoms with van der Waals surface area (Å²) in [6.45, 7) is 5.06. The molecule has 0 saturated carbocycles. The van der Waals surface area contributed by atoms with Crippen LogP contribution >= 0.6 is 0 Å². The predicted molar refractivity (Wildman–Crippen MR) is 67.9 cm³/mol. The summed E-state index contributed by atoms with van der Waals surface area (Å²) in [6, 6.07) is 10.2. The van der Waals surface area contributed by atoms with Crippen molar-refractivity contribution in [3.8, 4) is 11.8 Å². The first-order valence-electron chi connectivity index (χ1n) is 5.64. The summed E-state index contributed by atoms with van der Waals surface area (Å²) in [5.41, 5.74) is 1.23. The van der Waals surface area contributed by atoms with Gasteiger partial charge in [-0.15, -0.1) is 0 Å². The van der Waals surface area contributed by atoms with E-state index in [4.69, 9.17) is 4.74 Å². The molecule has 0 N–H and O–H groups in total. The average Bonchev–Trinajstić information content (AvgIpc) is 2.34. The summed E-state index contributed by atoms with van der Waals surface area (Å²) in [4.78, 5) is 0. The molecule has 84 valence electrons. The SMILES string of the molecule is C=CC#CCCCCOCc1ccccc1. The Morgan fingerprint density at radius 3 is 2.75 bits per heavy atom. The minimum Gasteiger partial charge on any atom is -0.377 e. The standard InChI is InChI=1S/C15H18O/c1-2-3-4-5-6-10-13-16-14-15-11-8-7-9-12-15/h2,7-9,11-12H,1,5-6,10,13-14H2. The topological polar surface area (TPSA) is 9.23 Å². The van der Waals surface area contributed by atoms with Gasteiger partial charge in [-0.25, -0.2) is 0 Å². The second-order valence-corrected chi connectivity index (χ2v) is 3.52. The van der Waals surface area contributed by atoms with Gasteiger partial charge in [-0.3, -0.25) is 0 Å². The maximum Gasteiger partial charge on any atom is 0.0716 e. The van der Waals surface area contributed by atoms with Crippen molar-refractivity contribution in [2.45, 2.75) is 25.9 Å². The molecule has 0 aliphatic rings. The van der Waals surface area contributed by atoms with Crippen LogP contribution in [-0.4, -0.2) is 6.61 Å². The Balaban J connectivity index is 1.98. The largest absolute Gasteiger partial charge is 0.377 e. The Morgan fingerprint density at radius 2 is 2.00 bits per heavy atom. The highest BCUT2D eigenvalue weighted by Gasteiger charge is 1.91. The van der Waals surface area contributed by atoms with E-state index in [1.54, 1.807) is 6.08 Å². The lowest BCUT2D eigenvalue weighted by atomic mass is 10.2. The molecule has 0 aliphatic heterocycles. The highest BCUT2D eigenvalue weighted by molar-refractivity contribution is 5.13. The normalized spacial score (nSPS) is 9.25. The van der Waals surface area contributed by atoms with Crippen LogP contribution in [0.3, 0.4) is 0 Å². The van der Waals surface area contributed by atoms with Crippen LogP contribution in [0.5, 0.6) is 0 Å². The molecule has 1 heteroatoms. The van der Waals surface area contributed by atoms with E-state index in [0.29, 0.717) is 6.61 Å².